The number of imidazole rings is 1. The first kappa shape index (κ1) is 24.6. The molecule has 4 N–H and O–H groups in total. The lowest BCUT2D eigenvalue weighted by Gasteiger charge is -2.17. The molecule has 2 aromatic carbocycles. The normalized spacial score (nSPS) is 11.8. The smallest absolute Gasteiger partial charge is 0.326 e. The first-order valence-corrected chi connectivity index (χ1v) is 11.4. The van der Waals surface area contributed by atoms with Crippen molar-refractivity contribution in [3.8, 4) is 11.3 Å². The van der Waals surface area contributed by atoms with Gasteiger partial charge in [-0.3, -0.25) is 4.79 Å². The van der Waals surface area contributed by atoms with E-state index in [2.05, 4.69) is 25.8 Å². The summed E-state index contributed by atoms with van der Waals surface area (Å²) < 4.78 is 19.2. The lowest BCUT2D eigenvalue weighted by atomic mass is 9.98. The van der Waals surface area contributed by atoms with Crippen LogP contribution in [-0.4, -0.2) is 38.1 Å². The van der Waals surface area contributed by atoms with Crippen LogP contribution in [0.4, 0.5) is 10.3 Å². The molecule has 10 heteroatoms. The predicted molar refractivity (Wildman–Crippen MR) is 131 cm³/mol. The minimum Gasteiger partial charge on any atom is -0.480 e. The molecule has 1 atom stereocenters. The van der Waals surface area contributed by atoms with Gasteiger partial charge in [0.1, 0.15) is 17.6 Å². The summed E-state index contributed by atoms with van der Waals surface area (Å²) in [5, 5.41) is 19.4. The van der Waals surface area contributed by atoms with Crippen LogP contribution in [-0.2, 0) is 24.2 Å². The van der Waals surface area contributed by atoms with E-state index in [-0.39, 0.29) is 6.42 Å². The van der Waals surface area contributed by atoms with Crippen molar-refractivity contribution < 1.29 is 23.6 Å². The van der Waals surface area contributed by atoms with Gasteiger partial charge in [-0.2, -0.15) is 0 Å². The van der Waals surface area contributed by atoms with Gasteiger partial charge >= 0.3 is 5.97 Å². The van der Waals surface area contributed by atoms with Crippen LogP contribution in [0.5, 0.6) is 0 Å². The van der Waals surface area contributed by atoms with E-state index in [4.69, 9.17) is 4.52 Å². The Morgan fingerprint density at radius 2 is 1.97 bits per heavy atom. The van der Waals surface area contributed by atoms with Gasteiger partial charge in [-0.1, -0.05) is 36.3 Å². The summed E-state index contributed by atoms with van der Waals surface area (Å²) in [6.45, 7) is 3.88. The average molecular weight is 492 g/mol. The number of nitrogens with one attached hydrogen (secondary N) is 3. The third-order valence-corrected chi connectivity index (χ3v) is 5.77. The second kappa shape index (κ2) is 10.9. The van der Waals surface area contributed by atoms with E-state index in [9.17, 15) is 19.1 Å². The van der Waals surface area contributed by atoms with Gasteiger partial charge in [0.05, 0.1) is 6.54 Å². The minimum absolute atomic E-state index is 0.0811. The van der Waals surface area contributed by atoms with Crippen LogP contribution in [0, 0.1) is 12.7 Å². The molecule has 9 nitrogen and oxygen atoms in total. The molecule has 0 bridgehead atoms. The van der Waals surface area contributed by atoms with Crippen molar-refractivity contribution in [2.75, 3.05) is 5.32 Å². The quantitative estimate of drug-likeness (QED) is 0.262. The van der Waals surface area contributed by atoms with Crippen LogP contribution in [0.3, 0.4) is 0 Å². The number of amides is 1. The molecule has 2 heterocycles. The number of H-pyrrole nitrogens is 1. The fraction of sp³-hybridized carbons (Fsp3) is 0.231. The maximum Gasteiger partial charge on any atom is 0.326 e. The maximum absolute atomic E-state index is 13.7. The van der Waals surface area contributed by atoms with Crippen molar-refractivity contribution in [3.63, 3.8) is 0 Å². The number of aliphatic carboxylic acids is 1. The summed E-state index contributed by atoms with van der Waals surface area (Å²) in [5.74, 6) is -0.924. The molecule has 0 radical (unpaired) electrons. The van der Waals surface area contributed by atoms with Crippen LogP contribution in [0.2, 0.25) is 0 Å². The first-order chi connectivity index (χ1) is 17.3. The number of carbonyl (C=O) groups is 2. The zero-order valence-corrected chi connectivity index (χ0v) is 19.8. The van der Waals surface area contributed by atoms with Crippen LogP contribution in [0.15, 0.2) is 59.4 Å². The number of carboxylic acid groups (broad SMARTS) is 1. The highest BCUT2D eigenvalue weighted by atomic mass is 19.1. The van der Waals surface area contributed by atoms with Crippen LogP contribution >= 0.6 is 0 Å². The summed E-state index contributed by atoms with van der Waals surface area (Å²) in [6, 6.07) is 10.4. The number of anilines is 1. The summed E-state index contributed by atoms with van der Waals surface area (Å²) in [5.41, 5.74) is 3.50. The minimum atomic E-state index is -1.16. The summed E-state index contributed by atoms with van der Waals surface area (Å²) in [7, 11) is 0. The molecule has 1 amide bonds. The fourth-order valence-electron chi connectivity index (χ4n) is 3.95. The Bertz CT molecular complexity index is 1350. The molecule has 4 aromatic rings. The van der Waals surface area contributed by atoms with Gasteiger partial charge in [-0.25, -0.2) is 14.2 Å². The zero-order chi connectivity index (χ0) is 25.7. The van der Waals surface area contributed by atoms with Crippen molar-refractivity contribution in [2.24, 2.45) is 0 Å². The van der Waals surface area contributed by atoms with Gasteiger partial charge in [-0.05, 0) is 42.2 Å². The Labute approximate surface area is 206 Å². The Balaban J connectivity index is 1.42. The molecule has 1 unspecified atom stereocenters. The van der Waals surface area contributed by atoms with E-state index < -0.39 is 23.7 Å². The Morgan fingerprint density at radius 3 is 2.64 bits per heavy atom. The topological polar surface area (TPSA) is 133 Å². The molecular weight excluding hydrogens is 465 g/mol. The summed E-state index contributed by atoms with van der Waals surface area (Å²) in [4.78, 5) is 31.8. The summed E-state index contributed by atoms with van der Waals surface area (Å²) >= 11 is 0. The molecule has 4 rings (SSSR count). The number of hydrogen-bond acceptors (Lipinski definition) is 6. The third-order valence-electron chi connectivity index (χ3n) is 5.77. The Morgan fingerprint density at radius 1 is 1.19 bits per heavy atom. The second-order valence-corrected chi connectivity index (χ2v) is 8.35. The molecule has 2 aromatic heterocycles. The van der Waals surface area contributed by atoms with E-state index >= 15 is 0 Å². The third kappa shape index (κ3) is 5.77. The highest BCUT2D eigenvalue weighted by molar-refractivity contribution is 5.99. The van der Waals surface area contributed by atoms with E-state index in [1.165, 1.54) is 12.1 Å². The number of carbonyl (C=O) groups excluding carboxylic acids is 1. The van der Waals surface area contributed by atoms with Crippen LogP contribution < -0.4 is 10.6 Å². The summed E-state index contributed by atoms with van der Waals surface area (Å²) in [6.07, 6.45) is 3.88. The molecule has 0 aliphatic heterocycles. The number of carboxylic acids is 1. The SMILES string of the molecule is CCc1cc(F)cc(C)c1C(=O)NC(Cc1ccc(-c2cc(CNc3ncc[nH]3)no2)cc1)C(=O)O. The predicted octanol–water partition coefficient (Wildman–Crippen LogP) is 4.11. The monoisotopic (exact) mass is 491 g/mol. The van der Waals surface area contributed by atoms with Crippen LogP contribution in [0.1, 0.15) is 39.7 Å². The lowest BCUT2D eigenvalue weighted by Crippen LogP contribution is -2.42. The number of halogens is 1. The van der Waals surface area contributed by atoms with Crippen molar-refractivity contribution >= 4 is 17.8 Å². The number of benzene rings is 2. The molecule has 36 heavy (non-hydrogen) atoms. The van der Waals surface area contributed by atoms with Crippen molar-refractivity contribution in [2.45, 2.75) is 39.3 Å². The van der Waals surface area contributed by atoms with Gasteiger partial charge in [0.2, 0.25) is 0 Å². The fourth-order valence-corrected chi connectivity index (χ4v) is 3.95. The molecule has 0 aliphatic rings. The van der Waals surface area contributed by atoms with Crippen LogP contribution in [0.25, 0.3) is 11.3 Å². The van der Waals surface area contributed by atoms with Gasteiger partial charge in [0, 0.05) is 36.0 Å². The Hall–Kier alpha value is -4.47. The zero-order valence-electron chi connectivity index (χ0n) is 19.8. The van der Waals surface area contributed by atoms with Gasteiger partial charge in [-0.15, -0.1) is 0 Å². The van der Waals surface area contributed by atoms with E-state index in [1.807, 2.05) is 13.0 Å². The molecule has 186 valence electrons. The highest BCUT2D eigenvalue weighted by Crippen LogP contribution is 2.22. The number of aryl methyl sites for hydroxylation is 2. The second-order valence-electron chi connectivity index (χ2n) is 8.35. The van der Waals surface area contributed by atoms with Crippen molar-refractivity contribution in [3.05, 3.63) is 88.6 Å². The molecule has 0 aliphatic carbocycles. The standard InChI is InChI=1S/C26H26FN5O4/c1-3-17-12-19(27)10-15(2)23(17)24(33)31-21(25(34)35)11-16-4-6-18(7-5-16)22-13-20(32-36-22)14-30-26-28-8-9-29-26/h4-10,12-13,21H,3,11,14H2,1-2H3,(H,31,33)(H,34,35)(H2,28,29,30). The molecule has 0 saturated carbocycles. The molecular formula is C26H26FN5O4. The number of rotatable bonds is 10. The van der Waals surface area contributed by atoms with E-state index in [1.54, 1.807) is 43.6 Å². The van der Waals surface area contributed by atoms with Gasteiger partial charge in [0.15, 0.2) is 11.7 Å². The molecule has 0 fully saturated rings. The maximum atomic E-state index is 13.7. The van der Waals surface area contributed by atoms with E-state index in [0.717, 1.165) is 11.1 Å². The van der Waals surface area contributed by atoms with Crippen molar-refractivity contribution in [1.29, 1.82) is 0 Å². The Kier molecular flexibility index (Phi) is 7.43. The lowest BCUT2D eigenvalue weighted by molar-refractivity contribution is -0.139. The van der Waals surface area contributed by atoms with E-state index in [0.29, 0.717) is 47.1 Å². The largest absolute Gasteiger partial charge is 0.480 e. The number of nitrogens with zero attached hydrogens (tertiary/aromatic N) is 2. The highest BCUT2D eigenvalue weighted by Gasteiger charge is 2.24. The van der Waals surface area contributed by atoms with Gasteiger partial charge < -0.3 is 25.2 Å². The number of aromatic nitrogens is 3. The average Bonchev–Trinajstić information content (AvgIpc) is 3.54. The van der Waals surface area contributed by atoms with Crippen molar-refractivity contribution in [1.82, 2.24) is 20.4 Å². The number of hydrogen-bond donors (Lipinski definition) is 4. The van der Waals surface area contributed by atoms with Gasteiger partial charge in [0.25, 0.3) is 5.91 Å². The molecule has 0 spiro atoms. The first-order valence-electron chi connectivity index (χ1n) is 11.4. The molecule has 0 saturated heterocycles. The number of aromatic amines is 1.